The second-order valence-corrected chi connectivity index (χ2v) is 4.73. The van der Waals surface area contributed by atoms with Gasteiger partial charge >= 0.3 is 0 Å². The van der Waals surface area contributed by atoms with E-state index in [-0.39, 0.29) is 12.5 Å². The summed E-state index contributed by atoms with van der Waals surface area (Å²) in [6.07, 6.45) is 0.981. The number of hydrogen-bond donors (Lipinski definition) is 1. The molecule has 0 aromatic heterocycles. The predicted octanol–water partition coefficient (Wildman–Crippen LogP) is 2.63. The minimum atomic E-state index is -0.0884. The van der Waals surface area contributed by atoms with Gasteiger partial charge in [-0.05, 0) is 43.5 Å². The Morgan fingerprint density at radius 1 is 1.16 bits per heavy atom. The summed E-state index contributed by atoms with van der Waals surface area (Å²) in [5.74, 6) is 1.97. The topological polar surface area (TPSA) is 47.6 Å². The van der Waals surface area contributed by atoms with Gasteiger partial charge in [0.2, 0.25) is 0 Å². The van der Waals surface area contributed by atoms with Crippen molar-refractivity contribution in [3.63, 3.8) is 0 Å². The molecule has 1 rings (SSSR count). The molecule has 0 fully saturated rings. The summed E-state index contributed by atoms with van der Waals surface area (Å²) in [5, 5.41) is 2.83. The molecule has 0 heterocycles. The summed E-state index contributed by atoms with van der Waals surface area (Å²) in [4.78, 5) is 11.5. The Kier molecular flexibility index (Phi) is 6.79. The lowest BCUT2D eigenvalue weighted by Crippen LogP contribution is -2.30. The Balaban J connectivity index is 2.25. The predicted molar refractivity (Wildman–Crippen MR) is 75.6 cm³/mol. The number of hydrogen-bond acceptors (Lipinski definition) is 3. The number of carbonyl (C=O) groups is 1. The first-order valence-electron chi connectivity index (χ1n) is 6.74. The van der Waals surface area contributed by atoms with Crippen molar-refractivity contribution in [1.82, 2.24) is 5.32 Å². The SMILES string of the molecule is CCOc1ccc(OCC(=O)NCCC(C)C)cc1. The molecular weight excluding hydrogens is 242 g/mol. The van der Waals surface area contributed by atoms with E-state index in [2.05, 4.69) is 19.2 Å². The van der Waals surface area contributed by atoms with Crippen molar-refractivity contribution in [2.24, 2.45) is 5.92 Å². The number of benzene rings is 1. The van der Waals surface area contributed by atoms with Crippen LogP contribution in [-0.4, -0.2) is 25.7 Å². The molecule has 0 saturated heterocycles. The molecule has 1 aromatic rings. The van der Waals surface area contributed by atoms with E-state index in [0.717, 1.165) is 12.2 Å². The molecule has 19 heavy (non-hydrogen) atoms. The fraction of sp³-hybridized carbons (Fsp3) is 0.533. The van der Waals surface area contributed by atoms with Crippen molar-refractivity contribution in [3.05, 3.63) is 24.3 Å². The van der Waals surface area contributed by atoms with Crippen LogP contribution in [0.15, 0.2) is 24.3 Å². The molecule has 4 nitrogen and oxygen atoms in total. The molecule has 0 aliphatic heterocycles. The summed E-state index contributed by atoms with van der Waals surface area (Å²) in [7, 11) is 0. The molecule has 0 unspecified atom stereocenters. The van der Waals surface area contributed by atoms with Gasteiger partial charge in [-0.1, -0.05) is 13.8 Å². The molecule has 0 aliphatic rings. The van der Waals surface area contributed by atoms with Gasteiger partial charge in [0.25, 0.3) is 5.91 Å². The second kappa shape index (κ2) is 8.40. The van der Waals surface area contributed by atoms with Crippen LogP contribution >= 0.6 is 0 Å². The molecule has 0 bridgehead atoms. The van der Waals surface area contributed by atoms with Crippen LogP contribution in [0.2, 0.25) is 0 Å². The number of carbonyl (C=O) groups excluding carboxylic acids is 1. The molecule has 106 valence electrons. The van der Waals surface area contributed by atoms with E-state index >= 15 is 0 Å². The average Bonchev–Trinajstić information content (AvgIpc) is 2.38. The number of amides is 1. The summed E-state index contributed by atoms with van der Waals surface area (Å²) in [5.41, 5.74) is 0. The van der Waals surface area contributed by atoms with Crippen LogP contribution in [0.1, 0.15) is 27.2 Å². The van der Waals surface area contributed by atoms with E-state index in [1.54, 1.807) is 12.1 Å². The number of ether oxygens (including phenoxy) is 2. The van der Waals surface area contributed by atoms with Crippen molar-refractivity contribution in [2.75, 3.05) is 19.8 Å². The second-order valence-electron chi connectivity index (χ2n) is 4.73. The van der Waals surface area contributed by atoms with Gasteiger partial charge in [-0.3, -0.25) is 4.79 Å². The highest BCUT2D eigenvalue weighted by molar-refractivity contribution is 5.77. The van der Waals surface area contributed by atoms with Crippen molar-refractivity contribution >= 4 is 5.91 Å². The Morgan fingerprint density at radius 2 is 1.74 bits per heavy atom. The van der Waals surface area contributed by atoms with Gasteiger partial charge < -0.3 is 14.8 Å². The Labute approximate surface area is 115 Å². The van der Waals surface area contributed by atoms with Gasteiger partial charge in [0.05, 0.1) is 6.61 Å². The van der Waals surface area contributed by atoms with Crippen LogP contribution in [0.4, 0.5) is 0 Å². The summed E-state index contributed by atoms with van der Waals surface area (Å²) in [6.45, 7) is 7.57. The van der Waals surface area contributed by atoms with Gasteiger partial charge in [0.1, 0.15) is 11.5 Å². The first-order chi connectivity index (χ1) is 9.11. The smallest absolute Gasteiger partial charge is 0.257 e. The van der Waals surface area contributed by atoms with Crippen LogP contribution in [-0.2, 0) is 4.79 Å². The van der Waals surface area contributed by atoms with Crippen LogP contribution in [0, 0.1) is 5.92 Å². The normalized spacial score (nSPS) is 10.3. The van der Waals surface area contributed by atoms with Crippen molar-refractivity contribution in [2.45, 2.75) is 27.2 Å². The van der Waals surface area contributed by atoms with Crippen molar-refractivity contribution < 1.29 is 14.3 Å². The van der Waals surface area contributed by atoms with Gasteiger partial charge in [-0.2, -0.15) is 0 Å². The van der Waals surface area contributed by atoms with Crippen LogP contribution in [0.25, 0.3) is 0 Å². The molecule has 0 radical (unpaired) electrons. The molecule has 1 amide bonds. The first kappa shape index (κ1) is 15.3. The Hall–Kier alpha value is -1.71. The minimum Gasteiger partial charge on any atom is -0.494 e. The quantitative estimate of drug-likeness (QED) is 0.786. The van der Waals surface area contributed by atoms with E-state index in [1.165, 1.54) is 0 Å². The lowest BCUT2D eigenvalue weighted by Gasteiger charge is -2.09. The van der Waals surface area contributed by atoms with E-state index in [9.17, 15) is 4.79 Å². The number of nitrogens with one attached hydrogen (secondary N) is 1. The van der Waals surface area contributed by atoms with Gasteiger partial charge in [-0.15, -0.1) is 0 Å². The Morgan fingerprint density at radius 3 is 2.26 bits per heavy atom. The van der Waals surface area contributed by atoms with E-state index in [0.29, 0.717) is 24.8 Å². The van der Waals surface area contributed by atoms with Gasteiger partial charge in [-0.25, -0.2) is 0 Å². The highest BCUT2D eigenvalue weighted by atomic mass is 16.5. The van der Waals surface area contributed by atoms with E-state index < -0.39 is 0 Å². The van der Waals surface area contributed by atoms with Gasteiger partial charge in [0, 0.05) is 6.54 Å². The maximum absolute atomic E-state index is 11.5. The largest absolute Gasteiger partial charge is 0.494 e. The zero-order valence-corrected chi connectivity index (χ0v) is 11.9. The molecule has 1 N–H and O–H groups in total. The highest BCUT2D eigenvalue weighted by Crippen LogP contribution is 2.17. The Bertz CT molecular complexity index is 373. The third kappa shape index (κ3) is 6.70. The third-order valence-electron chi connectivity index (χ3n) is 2.55. The van der Waals surface area contributed by atoms with Crippen molar-refractivity contribution in [1.29, 1.82) is 0 Å². The van der Waals surface area contributed by atoms with Crippen LogP contribution in [0.5, 0.6) is 11.5 Å². The van der Waals surface area contributed by atoms with Crippen molar-refractivity contribution in [3.8, 4) is 11.5 Å². The van der Waals surface area contributed by atoms with E-state index in [1.807, 2.05) is 19.1 Å². The summed E-state index contributed by atoms with van der Waals surface area (Å²) in [6, 6.07) is 7.25. The zero-order chi connectivity index (χ0) is 14.1. The molecule has 0 aliphatic carbocycles. The fourth-order valence-electron chi connectivity index (χ4n) is 1.50. The van der Waals surface area contributed by atoms with Gasteiger partial charge in [0.15, 0.2) is 6.61 Å². The molecule has 1 aromatic carbocycles. The van der Waals surface area contributed by atoms with E-state index in [4.69, 9.17) is 9.47 Å². The monoisotopic (exact) mass is 265 g/mol. The number of rotatable bonds is 8. The maximum Gasteiger partial charge on any atom is 0.257 e. The molecule has 0 spiro atoms. The average molecular weight is 265 g/mol. The zero-order valence-electron chi connectivity index (χ0n) is 11.9. The molecule has 4 heteroatoms. The third-order valence-corrected chi connectivity index (χ3v) is 2.55. The lowest BCUT2D eigenvalue weighted by atomic mass is 10.1. The summed E-state index contributed by atoms with van der Waals surface area (Å²) >= 11 is 0. The van der Waals surface area contributed by atoms with Crippen LogP contribution < -0.4 is 14.8 Å². The standard InChI is InChI=1S/C15H23NO3/c1-4-18-13-5-7-14(8-6-13)19-11-15(17)16-10-9-12(2)3/h5-8,12H,4,9-11H2,1-3H3,(H,16,17). The molecular formula is C15H23NO3. The summed E-state index contributed by atoms with van der Waals surface area (Å²) < 4.78 is 10.7. The molecule has 0 saturated carbocycles. The first-order valence-corrected chi connectivity index (χ1v) is 6.74. The minimum absolute atomic E-state index is 0.0477. The highest BCUT2D eigenvalue weighted by Gasteiger charge is 2.03. The fourth-order valence-corrected chi connectivity index (χ4v) is 1.50. The van der Waals surface area contributed by atoms with Crippen LogP contribution in [0.3, 0.4) is 0 Å². The maximum atomic E-state index is 11.5. The molecule has 0 atom stereocenters. The lowest BCUT2D eigenvalue weighted by molar-refractivity contribution is -0.123.